The zero-order valence-corrected chi connectivity index (χ0v) is 17.1. The van der Waals surface area contributed by atoms with Gasteiger partial charge in [0.1, 0.15) is 12.4 Å². The Labute approximate surface area is 175 Å². The third kappa shape index (κ3) is 3.11. The summed E-state index contributed by atoms with van der Waals surface area (Å²) in [5.41, 5.74) is 2.47. The topological polar surface area (TPSA) is 75.0 Å². The average Bonchev–Trinajstić information content (AvgIpc) is 3.32. The molecule has 0 saturated heterocycles. The van der Waals surface area contributed by atoms with Crippen molar-refractivity contribution in [1.29, 1.82) is 0 Å². The van der Waals surface area contributed by atoms with Crippen LogP contribution in [0.15, 0.2) is 52.8 Å². The lowest BCUT2D eigenvalue weighted by Crippen LogP contribution is -2.24. The minimum Gasteiger partial charge on any atom is -0.493 e. The fourth-order valence-electron chi connectivity index (χ4n) is 3.32. The molecule has 30 heavy (non-hydrogen) atoms. The van der Waals surface area contributed by atoms with Crippen molar-refractivity contribution in [2.75, 3.05) is 20.8 Å². The maximum atomic E-state index is 12.8. The van der Waals surface area contributed by atoms with Gasteiger partial charge >= 0.3 is 0 Å². The first-order valence-corrected chi connectivity index (χ1v) is 10.0. The van der Waals surface area contributed by atoms with Crippen molar-refractivity contribution in [3.63, 3.8) is 0 Å². The van der Waals surface area contributed by atoms with Crippen LogP contribution in [0.5, 0.6) is 17.2 Å². The van der Waals surface area contributed by atoms with Crippen molar-refractivity contribution in [2.45, 2.75) is 0 Å². The lowest BCUT2D eigenvalue weighted by molar-refractivity contribution is 0.352. The molecule has 1 aliphatic heterocycles. The summed E-state index contributed by atoms with van der Waals surface area (Å²) in [4.78, 5) is 17.9. The third-order valence-corrected chi connectivity index (χ3v) is 5.75. The molecule has 5 rings (SSSR count). The second-order valence-corrected chi connectivity index (χ2v) is 7.67. The van der Waals surface area contributed by atoms with Gasteiger partial charge in [0.05, 0.1) is 18.8 Å². The number of hydrogen-bond acceptors (Lipinski definition) is 7. The molecule has 150 valence electrons. The van der Waals surface area contributed by atoms with E-state index in [2.05, 4.69) is 10.1 Å². The lowest BCUT2D eigenvalue weighted by atomic mass is 10.1. The number of benzene rings is 2. The number of ether oxygens (including phenoxy) is 3. The van der Waals surface area contributed by atoms with E-state index in [4.69, 9.17) is 14.2 Å². The highest BCUT2D eigenvalue weighted by Crippen LogP contribution is 2.31. The van der Waals surface area contributed by atoms with Gasteiger partial charge in [0.2, 0.25) is 4.96 Å². The molecule has 0 unspecified atom stereocenters. The van der Waals surface area contributed by atoms with E-state index in [1.165, 1.54) is 15.9 Å². The molecule has 0 amide bonds. The van der Waals surface area contributed by atoms with Gasteiger partial charge in [-0.2, -0.15) is 9.50 Å². The van der Waals surface area contributed by atoms with Crippen LogP contribution in [0, 0.1) is 0 Å². The van der Waals surface area contributed by atoms with Crippen LogP contribution in [-0.2, 0) is 0 Å². The summed E-state index contributed by atoms with van der Waals surface area (Å²) in [6.07, 6.45) is 3.87. The molecular formula is C22H17N3O4S. The number of nitrogens with zero attached hydrogens (tertiary/aromatic N) is 3. The summed E-state index contributed by atoms with van der Waals surface area (Å²) in [5, 5.41) is 4.40. The van der Waals surface area contributed by atoms with Crippen LogP contribution in [0.3, 0.4) is 0 Å². The Morgan fingerprint density at radius 2 is 1.97 bits per heavy atom. The standard InChI is InChI=1S/C22H17N3O4S/c1-27-17-8-7-15(11-18(17)28-2)20-23-22-25(24-20)21(26)19(30-22)10-13-9-14-5-3-4-6-16(14)29-12-13/h3-11H,12H2,1-2H3/b19-10+. The lowest BCUT2D eigenvalue weighted by Gasteiger charge is -2.15. The summed E-state index contributed by atoms with van der Waals surface area (Å²) < 4.78 is 18.3. The molecule has 0 spiro atoms. The molecule has 0 fully saturated rings. The molecule has 8 heteroatoms. The second kappa shape index (κ2) is 7.31. The molecule has 4 aromatic rings. The Hall–Kier alpha value is -3.65. The van der Waals surface area contributed by atoms with Crippen molar-refractivity contribution in [1.82, 2.24) is 14.6 Å². The van der Waals surface area contributed by atoms with Gasteiger partial charge in [-0.25, -0.2) is 0 Å². The fraction of sp³-hybridized carbons (Fsp3) is 0.136. The van der Waals surface area contributed by atoms with E-state index >= 15 is 0 Å². The molecule has 0 bridgehead atoms. The minimum absolute atomic E-state index is 0.200. The smallest absolute Gasteiger partial charge is 0.291 e. The van der Waals surface area contributed by atoms with Gasteiger partial charge < -0.3 is 14.2 Å². The molecule has 2 aromatic heterocycles. The van der Waals surface area contributed by atoms with Crippen molar-refractivity contribution in [3.05, 3.63) is 68.5 Å². The Kier molecular flexibility index (Phi) is 4.48. The monoisotopic (exact) mass is 419 g/mol. The highest BCUT2D eigenvalue weighted by Gasteiger charge is 2.15. The van der Waals surface area contributed by atoms with Gasteiger partial charge in [0.25, 0.3) is 5.56 Å². The maximum absolute atomic E-state index is 12.8. The van der Waals surface area contributed by atoms with Crippen molar-refractivity contribution >= 4 is 28.4 Å². The zero-order valence-electron chi connectivity index (χ0n) is 16.3. The Balaban J connectivity index is 1.53. The molecule has 2 aromatic carbocycles. The van der Waals surface area contributed by atoms with E-state index in [1.807, 2.05) is 42.5 Å². The highest BCUT2D eigenvalue weighted by atomic mass is 32.1. The van der Waals surface area contributed by atoms with Crippen molar-refractivity contribution in [3.8, 4) is 28.6 Å². The summed E-state index contributed by atoms with van der Waals surface area (Å²) in [5.74, 6) is 2.50. The molecule has 0 N–H and O–H groups in total. The van der Waals surface area contributed by atoms with Crippen molar-refractivity contribution < 1.29 is 14.2 Å². The summed E-state index contributed by atoms with van der Waals surface area (Å²) in [7, 11) is 3.15. The van der Waals surface area contributed by atoms with Gasteiger partial charge in [0, 0.05) is 11.1 Å². The average molecular weight is 419 g/mol. The van der Waals surface area contributed by atoms with Crippen molar-refractivity contribution in [2.24, 2.45) is 0 Å². The van der Waals surface area contributed by atoms with E-state index < -0.39 is 0 Å². The summed E-state index contributed by atoms with van der Waals surface area (Å²) >= 11 is 1.30. The third-order valence-electron chi connectivity index (χ3n) is 4.79. The predicted octanol–water partition coefficient (Wildman–Crippen LogP) is 2.81. The maximum Gasteiger partial charge on any atom is 0.291 e. The Morgan fingerprint density at radius 1 is 1.13 bits per heavy atom. The first-order valence-electron chi connectivity index (χ1n) is 9.22. The van der Waals surface area contributed by atoms with Crippen LogP contribution in [0.1, 0.15) is 5.56 Å². The van der Waals surface area contributed by atoms with Crippen LogP contribution >= 0.6 is 11.3 Å². The van der Waals surface area contributed by atoms with Crippen LogP contribution in [-0.4, -0.2) is 35.4 Å². The van der Waals surface area contributed by atoms with Gasteiger partial charge in [-0.05, 0) is 42.0 Å². The molecule has 0 radical (unpaired) electrons. The van der Waals surface area contributed by atoms with E-state index in [-0.39, 0.29) is 5.56 Å². The molecule has 0 atom stereocenters. The van der Waals surface area contributed by atoms with Gasteiger partial charge in [-0.3, -0.25) is 4.79 Å². The van der Waals surface area contributed by atoms with E-state index in [0.29, 0.717) is 33.4 Å². The number of aromatic nitrogens is 3. The van der Waals surface area contributed by atoms with Gasteiger partial charge in [-0.15, -0.1) is 5.10 Å². The van der Waals surface area contributed by atoms with Crippen LogP contribution in [0.2, 0.25) is 0 Å². The Morgan fingerprint density at radius 3 is 2.77 bits per heavy atom. The Bertz CT molecular complexity index is 1400. The normalized spacial score (nSPS) is 13.7. The fourth-order valence-corrected chi connectivity index (χ4v) is 4.24. The van der Waals surface area contributed by atoms with Crippen LogP contribution < -0.4 is 24.3 Å². The number of rotatable bonds is 4. The minimum atomic E-state index is -0.200. The zero-order chi connectivity index (χ0) is 20.7. The molecule has 7 nitrogen and oxygen atoms in total. The molecule has 0 saturated carbocycles. The summed E-state index contributed by atoms with van der Waals surface area (Å²) in [6.45, 7) is 0.418. The van der Waals surface area contributed by atoms with E-state index in [9.17, 15) is 4.79 Å². The largest absolute Gasteiger partial charge is 0.493 e. The van der Waals surface area contributed by atoms with E-state index in [0.717, 1.165) is 22.4 Å². The predicted molar refractivity (Wildman–Crippen MR) is 115 cm³/mol. The molecule has 3 heterocycles. The van der Waals surface area contributed by atoms with Gasteiger partial charge in [0.15, 0.2) is 17.3 Å². The van der Waals surface area contributed by atoms with Crippen LogP contribution in [0.25, 0.3) is 28.5 Å². The highest BCUT2D eigenvalue weighted by molar-refractivity contribution is 7.15. The number of hydrogen-bond donors (Lipinski definition) is 0. The first kappa shape index (κ1) is 18.4. The van der Waals surface area contributed by atoms with E-state index in [1.54, 1.807) is 26.4 Å². The number of para-hydroxylation sites is 1. The molecular weight excluding hydrogens is 402 g/mol. The quantitative estimate of drug-likeness (QED) is 0.506. The van der Waals surface area contributed by atoms with Crippen LogP contribution in [0.4, 0.5) is 0 Å². The number of fused-ring (bicyclic) bond motifs is 2. The summed E-state index contributed by atoms with van der Waals surface area (Å²) in [6, 6.07) is 13.2. The molecule has 1 aliphatic rings. The number of thiazole rings is 1. The van der Waals surface area contributed by atoms with Gasteiger partial charge in [-0.1, -0.05) is 29.5 Å². The SMILES string of the molecule is COc1ccc(-c2nc3s/c(=C/C4=Cc5ccccc5OC4)c(=O)n3n2)cc1OC. The first-order chi connectivity index (χ1) is 14.7. The second-order valence-electron chi connectivity index (χ2n) is 6.66. The molecule has 0 aliphatic carbocycles. The number of methoxy groups -OCH3 is 2.